The molecule has 0 aliphatic carbocycles. The lowest BCUT2D eigenvalue weighted by Gasteiger charge is -1.98. The van der Waals surface area contributed by atoms with E-state index < -0.39 is 5.97 Å². The Morgan fingerprint density at radius 2 is 2.10 bits per heavy atom. The summed E-state index contributed by atoms with van der Waals surface area (Å²) in [5.41, 5.74) is 0.153. The predicted octanol–water partition coefficient (Wildman–Crippen LogP) is -0.406. The van der Waals surface area contributed by atoms with Crippen LogP contribution in [0.15, 0.2) is 12.2 Å². The Morgan fingerprint density at radius 1 is 1.80 bits per heavy atom. The molecular weight excluding hydrogens is 134 g/mol. The monoisotopic (exact) mass is 141 g/mol. The molecule has 0 amide bonds. The fraction of sp³-hybridized carbons (Fsp3) is 0.333. The van der Waals surface area contributed by atoms with E-state index in [1.54, 1.807) is 6.92 Å². The van der Waals surface area contributed by atoms with Crippen LogP contribution in [0.4, 0.5) is 0 Å². The van der Waals surface area contributed by atoms with Crippen LogP contribution in [0.25, 0.3) is 5.41 Å². The van der Waals surface area contributed by atoms with E-state index in [2.05, 4.69) is 6.58 Å². The van der Waals surface area contributed by atoms with Crippen molar-refractivity contribution >= 4 is 12.0 Å². The van der Waals surface area contributed by atoms with E-state index >= 15 is 0 Å². The lowest BCUT2D eigenvalue weighted by molar-refractivity contribution is -0.299. The van der Waals surface area contributed by atoms with Gasteiger partial charge in [-0.25, -0.2) is 0 Å². The molecule has 0 saturated heterocycles. The molecule has 0 saturated carbocycles. The molecule has 4 nitrogen and oxygen atoms in total. The third-order valence-electron chi connectivity index (χ3n) is 0.715. The molecule has 0 N–H and O–H groups in total. The number of nitrogens with zero attached hydrogens (tertiary/aromatic N) is 1. The van der Waals surface area contributed by atoms with Crippen molar-refractivity contribution in [3.05, 3.63) is 17.6 Å². The van der Waals surface area contributed by atoms with Crippen LogP contribution >= 0.6 is 0 Å². The Kier molecular flexibility index (Phi) is 8.65. The average molecular weight is 141 g/mol. The first-order valence-corrected chi connectivity index (χ1v) is 2.50. The zero-order valence-electron chi connectivity index (χ0n) is 5.59. The SMILES string of the molecule is C=C(CC)C(=O)[O-].[N-]=C=O. The number of hydrogen-bond donors (Lipinski definition) is 0. The number of aliphatic carboxylic acids is 1. The summed E-state index contributed by atoms with van der Waals surface area (Å²) in [7, 11) is 0. The number of rotatable bonds is 2. The second-order valence-electron chi connectivity index (χ2n) is 1.34. The summed E-state index contributed by atoms with van der Waals surface area (Å²) in [5, 5.41) is 16.5. The Balaban J connectivity index is 0. The van der Waals surface area contributed by atoms with Crippen LogP contribution in [0, 0.1) is 0 Å². The van der Waals surface area contributed by atoms with E-state index in [4.69, 9.17) is 10.2 Å². The van der Waals surface area contributed by atoms with Crippen LogP contribution < -0.4 is 5.11 Å². The fourth-order valence-corrected chi connectivity index (χ4v) is 0.144. The van der Waals surface area contributed by atoms with Crippen LogP contribution in [0.3, 0.4) is 0 Å². The van der Waals surface area contributed by atoms with Gasteiger partial charge in [0.15, 0.2) is 0 Å². The molecule has 0 aliphatic rings. The minimum absolute atomic E-state index is 0.153. The van der Waals surface area contributed by atoms with E-state index in [1.165, 1.54) is 0 Å². The second-order valence-corrected chi connectivity index (χ2v) is 1.34. The third kappa shape index (κ3) is 9.77. The lowest BCUT2D eigenvalue weighted by Crippen LogP contribution is -2.23. The molecule has 0 aromatic carbocycles. The first-order chi connectivity index (χ1) is 4.59. The van der Waals surface area contributed by atoms with Gasteiger partial charge >= 0.3 is 0 Å². The molecule has 56 valence electrons. The summed E-state index contributed by atoms with van der Waals surface area (Å²) in [5.74, 6) is -1.15. The minimum Gasteiger partial charge on any atom is -0.724 e. The number of isocyanates is 1. The van der Waals surface area contributed by atoms with Gasteiger partial charge in [-0.1, -0.05) is 13.5 Å². The van der Waals surface area contributed by atoms with E-state index in [1.807, 2.05) is 0 Å². The standard InChI is InChI=1S/C5H8O2.CNO/c1-3-4(2)5(6)7;2-1-3/h2-3H2,1H3,(H,6,7);/q;-1/p-1. The highest BCUT2D eigenvalue weighted by Gasteiger charge is 1.84. The molecule has 0 atom stereocenters. The first kappa shape index (κ1) is 11.4. The Morgan fingerprint density at radius 3 is 2.10 bits per heavy atom. The average Bonchev–Trinajstić information content (AvgIpc) is 1.88. The van der Waals surface area contributed by atoms with Crippen LogP contribution in [-0.4, -0.2) is 12.0 Å². The Labute approximate surface area is 58.7 Å². The molecule has 0 aromatic heterocycles. The van der Waals surface area contributed by atoms with Crippen molar-refractivity contribution in [2.24, 2.45) is 0 Å². The Bertz CT molecular complexity index is 156. The van der Waals surface area contributed by atoms with Crippen molar-refractivity contribution in [2.45, 2.75) is 13.3 Å². The molecule has 0 heterocycles. The topological polar surface area (TPSA) is 79.5 Å². The molecule has 4 heteroatoms. The summed E-state index contributed by atoms with van der Waals surface area (Å²) in [4.78, 5) is 18.0. The summed E-state index contributed by atoms with van der Waals surface area (Å²) in [6.07, 6.45) is 0.961. The maximum absolute atomic E-state index is 9.72. The largest absolute Gasteiger partial charge is 0.724 e. The van der Waals surface area contributed by atoms with Crippen LogP contribution in [0.2, 0.25) is 0 Å². The van der Waals surface area contributed by atoms with Crippen molar-refractivity contribution in [1.82, 2.24) is 0 Å². The molecule has 0 unspecified atom stereocenters. The Hall–Kier alpha value is -1.41. The zero-order chi connectivity index (χ0) is 8.57. The van der Waals surface area contributed by atoms with E-state index in [0.29, 0.717) is 12.5 Å². The van der Waals surface area contributed by atoms with Gasteiger partial charge in [-0.2, -0.15) is 0 Å². The fourth-order valence-electron chi connectivity index (χ4n) is 0.144. The van der Waals surface area contributed by atoms with E-state index in [-0.39, 0.29) is 5.57 Å². The third-order valence-corrected chi connectivity index (χ3v) is 0.715. The normalized spacial score (nSPS) is 6.50. The van der Waals surface area contributed by atoms with Crippen LogP contribution in [-0.2, 0) is 9.59 Å². The molecule has 0 spiro atoms. The summed E-state index contributed by atoms with van der Waals surface area (Å²) < 4.78 is 0. The quantitative estimate of drug-likeness (QED) is 0.298. The summed E-state index contributed by atoms with van der Waals surface area (Å²) in [6.45, 7) is 4.93. The predicted molar refractivity (Wildman–Crippen MR) is 33.5 cm³/mol. The first-order valence-electron chi connectivity index (χ1n) is 2.50. The van der Waals surface area contributed by atoms with E-state index in [0.717, 1.165) is 0 Å². The van der Waals surface area contributed by atoms with Gasteiger partial charge in [0.1, 0.15) is 0 Å². The van der Waals surface area contributed by atoms with Crippen molar-refractivity contribution in [1.29, 1.82) is 0 Å². The number of carboxylic acids is 1. The van der Waals surface area contributed by atoms with Gasteiger partial charge in [-0.15, -0.1) is 0 Å². The van der Waals surface area contributed by atoms with Crippen molar-refractivity contribution in [3.8, 4) is 0 Å². The van der Waals surface area contributed by atoms with Gasteiger partial charge < -0.3 is 15.3 Å². The molecular formula is C6H7NO3-2. The molecule has 0 fully saturated rings. The van der Waals surface area contributed by atoms with Crippen LogP contribution in [0.1, 0.15) is 13.3 Å². The molecule has 0 aliphatic heterocycles. The van der Waals surface area contributed by atoms with Gasteiger partial charge in [-0.05, 0) is 18.1 Å². The number of hydrogen-bond acceptors (Lipinski definition) is 3. The maximum Gasteiger partial charge on any atom is 0.0668 e. The molecule has 0 rings (SSSR count). The molecule has 0 aromatic rings. The minimum atomic E-state index is -1.15. The van der Waals surface area contributed by atoms with Gasteiger partial charge in [-0.3, -0.25) is 4.79 Å². The van der Waals surface area contributed by atoms with Gasteiger partial charge in [0, 0.05) is 0 Å². The highest BCUT2D eigenvalue weighted by atomic mass is 16.4. The number of carbonyl (C=O) groups excluding carboxylic acids is 2. The smallest absolute Gasteiger partial charge is 0.0668 e. The highest BCUT2D eigenvalue weighted by Crippen LogP contribution is 1.90. The van der Waals surface area contributed by atoms with Crippen molar-refractivity contribution in [3.63, 3.8) is 0 Å². The summed E-state index contributed by atoms with van der Waals surface area (Å²) in [6, 6.07) is 0. The molecule has 10 heavy (non-hydrogen) atoms. The van der Waals surface area contributed by atoms with Crippen LogP contribution in [0.5, 0.6) is 0 Å². The molecule has 0 bridgehead atoms. The van der Waals surface area contributed by atoms with Crippen molar-refractivity contribution in [2.75, 3.05) is 0 Å². The highest BCUT2D eigenvalue weighted by molar-refractivity contribution is 5.83. The van der Waals surface area contributed by atoms with Gasteiger partial charge in [0.25, 0.3) is 0 Å². The van der Waals surface area contributed by atoms with Gasteiger partial charge in [0.05, 0.1) is 5.97 Å². The number of carboxylic acid groups (broad SMARTS) is 1. The van der Waals surface area contributed by atoms with E-state index in [9.17, 15) is 9.90 Å². The lowest BCUT2D eigenvalue weighted by atomic mass is 10.2. The number of carbonyl (C=O) groups is 1. The summed E-state index contributed by atoms with van der Waals surface area (Å²) >= 11 is 0. The van der Waals surface area contributed by atoms with Crippen molar-refractivity contribution < 1.29 is 14.7 Å². The zero-order valence-corrected chi connectivity index (χ0v) is 5.59. The van der Waals surface area contributed by atoms with Gasteiger partial charge in [0.2, 0.25) is 0 Å². The molecule has 0 radical (unpaired) electrons. The second kappa shape index (κ2) is 7.59. The maximum atomic E-state index is 9.72.